The molecule has 0 radical (unpaired) electrons. The third-order valence-corrected chi connectivity index (χ3v) is 8.01. The molecule has 7 heteroatoms. The van der Waals surface area contributed by atoms with Gasteiger partial charge >= 0.3 is 7.12 Å². The smallest absolute Gasteiger partial charge is 0.455 e. The zero-order valence-corrected chi connectivity index (χ0v) is 22.9. The summed E-state index contributed by atoms with van der Waals surface area (Å²) < 4.78 is 19.5. The predicted octanol–water partition coefficient (Wildman–Crippen LogP) is 7.07. The van der Waals surface area contributed by atoms with Crippen LogP contribution >= 0.6 is 0 Å². The predicted molar refractivity (Wildman–Crippen MR) is 159 cm³/mol. The van der Waals surface area contributed by atoms with Crippen molar-refractivity contribution in [1.29, 1.82) is 0 Å². The molecule has 0 unspecified atom stereocenters. The number of para-hydroxylation sites is 1. The summed E-state index contributed by atoms with van der Waals surface area (Å²) in [6, 6.07) is 32.0. The Morgan fingerprint density at radius 1 is 0.575 bits per heavy atom. The lowest BCUT2D eigenvalue weighted by atomic mass is 9.76. The lowest BCUT2D eigenvalue weighted by Gasteiger charge is -2.32. The van der Waals surface area contributed by atoms with Gasteiger partial charge in [-0.05, 0) is 45.3 Å². The molecule has 1 aliphatic rings. The van der Waals surface area contributed by atoms with Crippen LogP contribution in [0.25, 0.3) is 56.1 Å². The first-order chi connectivity index (χ1) is 19.3. The fraction of sp³-hybridized carbons (Fsp3) is 0.182. The van der Waals surface area contributed by atoms with Crippen LogP contribution in [0.15, 0.2) is 101 Å². The number of hydrogen-bond acceptors (Lipinski definition) is 6. The van der Waals surface area contributed by atoms with Gasteiger partial charge in [0.2, 0.25) is 0 Å². The van der Waals surface area contributed by atoms with Gasteiger partial charge in [0.05, 0.1) is 16.8 Å². The van der Waals surface area contributed by atoms with Crippen molar-refractivity contribution in [2.45, 2.75) is 38.9 Å². The molecule has 0 aliphatic carbocycles. The van der Waals surface area contributed by atoms with Crippen LogP contribution in [0.5, 0.6) is 0 Å². The van der Waals surface area contributed by atoms with Crippen molar-refractivity contribution in [3.63, 3.8) is 0 Å². The largest absolute Gasteiger partial charge is 0.495 e. The Balaban J connectivity index is 1.47. The highest BCUT2D eigenvalue weighted by Gasteiger charge is 2.52. The molecule has 4 aromatic carbocycles. The molecule has 40 heavy (non-hydrogen) atoms. The minimum atomic E-state index is -0.541. The van der Waals surface area contributed by atoms with Crippen molar-refractivity contribution in [2.75, 3.05) is 0 Å². The van der Waals surface area contributed by atoms with Crippen LogP contribution in [0.4, 0.5) is 0 Å². The molecular formula is C33H28BN3O3. The van der Waals surface area contributed by atoms with Gasteiger partial charge < -0.3 is 13.7 Å². The van der Waals surface area contributed by atoms with Crippen molar-refractivity contribution in [1.82, 2.24) is 15.0 Å². The molecule has 0 amide bonds. The lowest BCUT2D eigenvalue weighted by Crippen LogP contribution is -2.41. The van der Waals surface area contributed by atoms with Gasteiger partial charge in [0.15, 0.2) is 17.5 Å². The SMILES string of the molecule is CC1(C)OB(c2ccc(-c3nc(-c4ccccc4)nc(-c4ccccc4)n3)c3oc4ccccc4c23)OC1(C)C. The summed E-state index contributed by atoms with van der Waals surface area (Å²) in [7, 11) is -0.541. The maximum Gasteiger partial charge on any atom is 0.495 e. The molecule has 2 aromatic heterocycles. The van der Waals surface area contributed by atoms with E-state index in [0.717, 1.165) is 38.5 Å². The number of fused-ring (bicyclic) bond motifs is 3. The highest BCUT2D eigenvalue weighted by Crippen LogP contribution is 2.40. The van der Waals surface area contributed by atoms with Crippen molar-refractivity contribution in [3.8, 4) is 34.2 Å². The van der Waals surface area contributed by atoms with E-state index >= 15 is 0 Å². The first-order valence-electron chi connectivity index (χ1n) is 13.5. The van der Waals surface area contributed by atoms with E-state index in [1.54, 1.807) is 0 Å². The zero-order chi connectivity index (χ0) is 27.5. The number of furan rings is 1. The summed E-state index contributed by atoms with van der Waals surface area (Å²) in [5.74, 6) is 1.74. The molecule has 0 N–H and O–H groups in total. The van der Waals surface area contributed by atoms with Crippen molar-refractivity contribution < 1.29 is 13.7 Å². The molecule has 6 nitrogen and oxygen atoms in total. The molecule has 1 saturated heterocycles. The monoisotopic (exact) mass is 525 g/mol. The maximum atomic E-state index is 6.52. The van der Waals surface area contributed by atoms with Crippen LogP contribution in [-0.2, 0) is 9.31 Å². The van der Waals surface area contributed by atoms with E-state index < -0.39 is 18.3 Å². The Labute approximate surface area is 233 Å². The molecule has 1 aliphatic heterocycles. The second-order valence-electron chi connectivity index (χ2n) is 11.1. The Kier molecular flexibility index (Phi) is 5.63. The van der Waals surface area contributed by atoms with Crippen LogP contribution in [0.2, 0.25) is 0 Å². The van der Waals surface area contributed by atoms with E-state index in [2.05, 4.69) is 39.8 Å². The van der Waals surface area contributed by atoms with Crippen molar-refractivity contribution in [3.05, 3.63) is 97.1 Å². The minimum Gasteiger partial charge on any atom is -0.455 e. The second-order valence-corrected chi connectivity index (χ2v) is 11.1. The van der Waals surface area contributed by atoms with Gasteiger partial charge in [0.1, 0.15) is 11.2 Å². The van der Waals surface area contributed by atoms with E-state index in [-0.39, 0.29) is 0 Å². The molecule has 3 heterocycles. The summed E-state index contributed by atoms with van der Waals surface area (Å²) in [6.45, 7) is 8.25. The van der Waals surface area contributed by atoms with Crippen LogP contribution in [0, 0.1) is 0 Å². The summed E-state index contributed by atoms with van der Waals surface area (Å²) in [5.41, 5.74) is 4.07. The average Bonchev–Trinajstić information content (AvgIpc) is 3.46. The molecule has 6 aromatic rings. The first-order valence-corrected chi connectivity index (χ1v) is 13.5. The highest BCUT2D eigenvalue weighted by atomic mass is 16.7. The topological polar surface area (TPSA) is 70.3 Å². The highest BCUT2D eigenvalue weighted by molar-refractivity contribution is 6.66. The van der Waals surface area contributed by atoms with Gasteiger partial charge in [-0.2, -0.15) is 0 Å². The zero-order valence-electron chi connectivity index (χ0n) is 22.9. The molecular weight excluding hydrogens is 497 g/mol. The minimum absolute atomic E-state index is 0.467. The Morgan fingerprint density at radius 2 is 1.10 bits per heavy atom. The number of nitrogens with zero attached hydrogens (tertiary/aromatic N) is 3. The maximum absolute atomic E-state index is 6.52. The summed E-state index contributed by atoms with van der Waals surface area (Å²) >= 11 is 0. The second kappa shape index (κ2) is 9.12. The standard InChI is InChI=1S/C33H28BN3O3/c1-32(2)33(3,4)40-34(39-32)25-20-19-24(28-27(25)23-17-11-12-18-26(23)38-28)31-36-29(21-13-7-5-8-14-21)35-30(37-31)22-15-9-6-10-16-22/h5-20H,1-4H3. The molecule has 196 valence electrons. The number of rotatable bonds is 4. The van der Waals surface area contributed by atoms with Gasteiger partial charge in [-0.25, -0.2) is 15.0 Å². The molecule has 0 bridgehead atoms. The number of aromatic nitrogens is 3. The van der Waals surface area contributed by atoms with Gasteiger partial charge in [0, 0.05) is 21.9 Å². The first kappa shape index (κ1) is 24.7. The Morgan fingerprint density at radius 3 is 1.70 bits per heavy atom. The van der Waals surface area contributed by atoms with Gasteiger partial charge in [-0.1, -0.05) is 84.9 Å². The average molecular weight is 525 g/mol. The van der Waals surface area contributed by atoms with E-state index in [9.17, 15) is 0 Å². The fourth-order valence-corrected chi connectivity index (χ4v) is 5.13. The quantitative estimate of drug-likeness (QED) is 0.229. The van der Waals surface area contributed by atoms with Crippen molar-refractivity contribution >= 4 is 34.5 Å². The molecule has 7 rings (SSSR count). The van der Waals surface area contributed by atoms with E-state index in [1.165, 1.54) is 0 Å². The van der Waals surface area contributed by atoms with Crippen LogP contribution < -0.4 is 5.46 Å². The number of hydrogen-bond donors (Lipinski definition) is 0. The summed E-state index contributed by atoms with van der Waals surface area (Å²) in [5, 5.41) is 1.93. The van der Waals surface area contributed by atoms with Crippen LogP contribution in [-0.4, -0.2) is 33.3 Å². The van der Waals surface area contributed by atoms with Crippen LogP contribution in [0.3, 0.4) is 0 Å². The van der Waals surface area contributed by atoms with Gasteiger partial charge in [0.25, 0.3) is 0 Å². The third kappa shape index (κ3) is 4.01. The summed E-state index contributed by atoms with van der Waals surface area (Å²) in [6.07, 6.45) is 0. The van der Waals surface area contributed by atoms with Gasteiger partial charge in [-0.3, -0.25) is 0 Å². The fourth-order valence-electron chi connectivity index (χ4n) is 5.13. The molecule has 1 fully saturated rings. The lowest BCUT2D eigenvalue weighted by molar-refractivity contribution is 0.00578. The number of benzene rings is 4. The summed E-state index contributed by atoms with van der Waals surface area (Å²) in [4.78, 5) is 14.7. The third-order valence-electron chi connectivity index (χ3n) is 8.01. The Hall–Kier alpha value is -4.33. The Bertz CT molecular complexity index is 1790. The molecule has 0 atom stereocenters. The van der Waals surface area contributed by atoms with Crippen molar-refractivity contribution in [2.24, 2.45) is 0 Å². The van der Waals surface area contributed by atoms with Crippen LogP contribution in [0.1, 0.15) is 27.7 Å². The molecule has 0 spiro atoms. The van der Waals surface area contributed by atoms with E-state index in [4.69, 9.17) is 28.7 Å². The van der Waals surface area contributed by atoms with Gasteiger partial charge in [-0.15, -0.1) is 0 Å². The van der Waals surface area contributed by atoms with E-state index in [0.29, 0.717) is 23.1 Å². The van der Waals surface area contributed by atoms with E-state index in [1.807, 2.05) is 84.9 Å². The molecule has 0 saturated carbocycles. The normalized spacial score (nSPS) is 16.1.